The van der Waals surface area contributed by atoms with Gasteiger partial charge in [-0.25, -0.2) is 9.97 Å². The maximum absolute atomic E-state index is 5.35. The molecule has 1 atom stereocenters. The number of methoxy groups -OCH3 is 1. The van der Waals surface area contributed by atoms with Gasteiger partial charge in [-0.3, -0.25) is 4.57 Å². The number of nitrogens with one attached hydrogen (secondary N) is 1. The summed E-state index contributed by atoms with van der Waals surface area (Å²) in [4.78, 5) is 13.7. The quantitative estimate of drug-likeness (QED) is 0.383. The van der Waals surface area contributed by atoms with Gasteiger partial charge < -0.3 is 10.1 Å². The van der Waals surface area contributed by atoms with Gasteiger partial charge in [-0.05, 0) is 53.9 Å². The van der Waals surface area contributed by atoms with Crippen molar-refractivity contribution in [2.45, 2.75) is 13.0 Å². The Balaban J connectivity index is 1.44. The summed E-state index contributed by atoms with van der Waals surface area (Å²) in [5.41, 5.74) is 5.24. The van der Waals surface area contributed by atoms with E-state index >= 15 is 0 Å². The zero-order valence-electron chi connectivity index (χ0n) is 17.9. The summed E-state index contributed by atoms with van der Waals surface area (Å²) < 4.78 is 7.33. The van der Waals surface area contributed by atoms with Crippen molar-refractivity contribution < 1.29 is 4.74 Å². The van der Waals surface area contributed by atoms with E-state index in [9.17, 15) is 0 Å². The van der Waals surface area contributed by atoms with E-state index in [1.54, 1.807) is 19.6 Å². The number of anilines is 1. The third kappa shape index (κ3) is 3.90. The molecule has 0 bridgehead atoms. The van der Waals surface area contributed by atoms with E-state index in [4.69, 9.17) is 9.72 Å². The number of ether oxygens (including phenoxy) is 1. The highest BCUT2D eigenvalue weighted by atomic mass is 16.5. The van der Waals surface area contributed by atoms with Crippen molar-refractivity contribution in [2.75, 3.05) is 12.4 Å². The Morgan fingerprint density at radius 1 is 0.875 bits per heavy atom. The largest absolute Gasteiger partial charge is 0.497 e. The molecule has 1 N–H and O–H groups in total. The fourth-order valence-corrected chi connectivity index (χ4v) is 3.75. The van der Waals surface area contributed by atoms with Crippen molar-refractivity contribution in [3.8, 4) is 22.7 Å². The third-order valence-electron chi connectivity index (χ3n) is 5.48. The number of benzene rings is 3. The van der Waals surface area contributed by atoms with Gasteiger partial charge in [0.2, 0.25) is 5.95 Å². The Bertz CT molecular complexity index is 1360. The first-order valence-corrected chi connectivity index (χ1v) is 10.5. The van der Waals surface area contributed by atoms with Gasteiger partial charge in [0.1, 0.15) is 17.9 Å². The van der Waals surface area contributed by atoms with Crippen LogP contribution in [0.15, 0.2) is 91.4 Å². The average molecular weight is 422 g/mol. The van der Waals surface area contributed by atoms with Crippen molar-refractivity contribution in [1.29, 1.82) is 0 Å². The molecule has 32 heavy (non-hydrogen) atoms. The lowest BCUT2D eigenvalue weighted by atomic mass is 10.0. The molecule has 0 saturated carbocycles. The van der Waals surface area contributed by atoms with E-state index in [-0.39, 0.29) is 6.04 Å². The van der Waals surface area contributed by atoms with Crippen molar-refractivity contribution >= 4 is 17.0 Å². The Hall–Kier alpha value is -4.19. The van der Waals surface area contributed by atoms with Crippen LogP contribution in [0.3, 0.4) is 0 Å². The first-order chi connectivity index (χ1) is 15.7. The summed E-state index contributed by atoms with van der Waals surface area (Å²) in [5, 5.41) is 3.38. The van der Waals surface area contributed by atoms with Gasteiger partial charge in [-0.1, -0.05) is 48.5 Å². The van der Waals surface area contributed by atoms with Crippen LogP contribution in [-0.2, 0) is 0 Å². The van der Waals surface area contributed by atoms with E-state index in [0.717, 1.165) is 33.7 Å². The highest BCUT2D eigenvalue weighted by Crippen LogP contribution is 2.28. The molecule has 2 heterocycles. The lowest BCUT2D eigenvalue weighted by Crippen LogP contribution is -2.10. The molecule has 0 aliphatic carbocycles. The second kappa shape index (κ2) is 8.51. The molecular weight excluding hydrogens is 398 g/mol. The molecule has 6 heteroatoms. The van der Waals surface area contributed by atoms with E-state index < -0.39 is 0 Å². The number of aromatic nitrogens is 4. The van der Waals surface area contributed by atoms with Gasteiger partial charge in [0.05, 0.1) is 24.2 Å². The number of nitrogens with zero attached hydrogens (tertiary/aromatic N) is 4. The van der Waals surface area contributed by atoms with Crippen LogP contribution in [0.25, 0.3) is 28.0 Å². The number of hydrogen-bond donors (Lipinski definition) is 1. The molecule has 0 amide bonds. The zero-order chi connectivity index (χ0) is 21.9. The predicted octanol–water partition coefficient (Wildman–Crippen LogP) is 5.66. The highest BCUT2D eigenvalue weighted by molar-refractivity contribution is 5.83. The number of rotatable bonds is 6. The van der Waals surface area contributed by atoms with Gasteiger partial charge in [-0.15, -0.1) is 0 Å². The summed E-state index contributed by atoms with van der Waals surface area (Å²) in [7, 11) is 1.68. The molecule has 5 aromatic rings. The summed E-state index contributed by atoms with van der Waals surface area (Å²) in [6.45, 7) is 2.10. The Kier molecular flexibility index (Phi) is 5.25. The van der Waals surface area contributed by atoms with E-state index in [1.807, 2.05) is 47.0 Å². The van der Waals surface area contributed by atoms with Crippen LogP contribution in [0.1, 0.15) is 18.5 Å². The maximum Gasteiger partial charge on any atom is 0.225 e. The molecular formula is C26H23N5O. The Labute approximate surface area is 186 Å². The molecule has 2 aromatic heterocycles. The number of fused-ring (bicyclic) bond motifs is 1. The summed E-state index contributed by atoms with van der Waals surface area (Å²) in [6.07, 6.45) is 3.56. The topological polar surface area (TPSA) is 64.9 Å². The van der Waals surface area contributed by atoms with Crippen LogP contribution >= 0.6 is 0 Å². The molecule has 0 saturated heterocycles. The normalized spacial score (nSPS) is 11.9. The van der Waals surface area contributed by atoms with Crippen molar-refractivity contribution in [3.63, 3.8) is 0 Å². The van der Waals surface area contributed by atoms with E-state index in [2.05, 4.69) is 58.6 Å². The minimum Gasteiger partial charge on any atom is -0.497 e. The lowest BCUT2D eigenvalue weighted by molar-refractivity contribution is 0.415. The summed E-state index contributed by atoms with van der Waals surface area (Å²) >= 11 is 0. The van der Waals surface area contributed by atoms with Crippen molar-refractivity contribution in [2.24, 2.45) is 0 Å². The monoisotopic (exact) mass is 421 g/mol. The minimum atomic E-state index is 0.0939. The van der Waals surface area contributed by atoms with E-state index in [1.165, 1.54) is 5.56 Å². The molecule has 0 unspecified atom stereocenters. The fourth-order valence-electron chi connectivity index (χ4n) is 3.75. The number of hydrogen-bond acceptors (Lipinski definition) is 5. The third-order valence-corrected chi connectivity index (χ3v) is 5.48. The van der Waals surface area contributed by atoms with Crippen molar-refractivity contribution in [3.05, 3.63) is 97.0 Å². The van der Waals surface area contributed by atoms with E-state index in [0.29, 0.717) is 5.95 Å². The summed E-state index contributed by atoms with van der Waals surface area (Å²) in [6, 6.07) is 26.5. The SMILES string of the molecule is COc1cccc(-c2ccc3c(c2)ncn3-c2ccnc(N[C@@H](C)c3ccccc3)n2)c1. The molecule has 0 aliphatic heterocycles. The predicted molar refractivity (Wildman–Crippen MR) is 127 cm³/mol. The molecule has 0 spiro atoms. The molecule has 158 valence electrons. The van der Waals surface area contributed by atoms with Crippen LogP contribution in [0.2, 0.25) is 0 Å². The van der Waals surface area contributed by atoms with Gasteiger partial charge in [0, 0.05) is 6.20 Å². The highest BCUT2D eigenvalue weighted by Gasteiger charge is 2.11. The Morgan fingerprint density at radius 3 is 2.56 bits per heavy atom. The molecule has 3 aromatic carbocycles. The molecule has 5 rings (SSSR count). The fraction of sp³-hybridized carbons (Fsp3) is 0.115. The first kappa shape index (κ1) is 19.8. The van der Waals surface area contributed by atoms with Crippen molar-refractivity contribution in [1.82, 2.24) is 19.5 Å². The van der Waals surface area contributed by atoms with Crippen LogP contribution in [0, 0.1) is 0 Å². The smallest absolute Gasteiger partial charge is 0.225 e. The minimum absolute atomic E-state index is 0.0939. The van der Waals surface area contributed by atoms with Gasteiger partial charge in [-0.2, -0.15) is 4.98 Å². The Morgan fingerprint density at radius 2 is 1.72 bits per heavy atom. The van der Waals surface area contributed by atoms with Gasteiger partial charge >= 0.3 is 0 Å². The molecule has 0 fully saturated rings. The number of imidazole rings is 1. The zero-order valence-corrected chi connectivity index (χ0v) is 17.9. The second-order valence-electron chi connectivity index (χ2n) is 7.57. The summed E-state index contributed by atoms with van der Waals surface area (Å²) in [5.74, 6) is 2.17. The van der Waals surface area contributed by atoms with Crippen LogP contribution < -0.4 is 10.1 Å². The van der Waals surface area contributed by atoms with Crippen LogP contribution in [0.5, 0.6) is 5.75 Å². The molecule has 0 aliphatic rings. The average Bonchev–Trinajstić information content (AvgIpc) is 3.28. The molecule has 6 nitrogen and oxygen atoms in total. The first-order valence-electron chi connectivity index (χ1n) is 10.5. The van der Waals surface area contributed by atoms with Gasteiger partial charge in [0.25, 0.3) is 0 Å². The molecule has 0 radical (unpaired) electrons. The van der Waals surface area contributed by atoms with Crippen LogP contribution in [-0.4, -0.2) is 26.6 Å². The standard InChI is InChI=1S/C26H23N5O/c1-18(19-7-4-3-5-8-19)29-26-27-14-13-25(30-26)31-17-28-23-16-21(11-12-24(23)31)20-9-6-10-22(15-20)32-2/h3-18H,1-2H3,(H,27,29,30)/t18-/m0/s1. The maximum atomic E-state index is 5.35. The lowest BCUT2D eigenvalue weighted by Gasteiger charge is -2.14. The van der Waals surface area contributed by atoms with Gasteiger partial charge in [0.15, 0.2) is 0 Å². The second-order valence-corrected chi connectivity index (χ2v) is 7.57. The van der Waals surface area contributed by atoms with Crippen LogP contribution in [0.4, 0.5) is 5.95 Å².